The molecule has 0 aliphatic carbocycles. The number of nitrogens with zero attached hydrogens (tertiary/aromatic N) is 3. The number of rotatable bonds is 5. The van der Waals surface area contributed by atoms with Crippen LogP contribution in [0.15, 0.2) is 22.8 Å². The van der Waals surface area contributed by atoms with Gasteiger partial charge >= 0.3 is 0 Å². The minimum atomic E-state index is 0.123. The predicted molar refractivity (Wildman–Crippen MR) is 89.0 cm³/mol. The molecule has 1 fully saturated rings. The quantitative estimate of drug-likeness (QED) is 0.921. The molecule has 1 N–H and O–H groups in total. The number of piperidine rings is 1. The summed E-state index contributed by atoms with van der Waals surface area (Å²) in [6.45, 7) is 9.13. The van der Waals surface area contributed by atoms with Gasteiger partial charge in [0.25, 0.3) is 0 Å². The number of aliphatic hydroxyl groups excluding tert-OH is 1. The van der Waals surface area contributed by atoms with Crippen LogP contribution in [0.5, 0.6) is 0 Å². The van der Waals surface area contributed by atoms with E-state index in [9.17, 15) is 5.11 Å². The largest absolute Gasteiger partial charge is 0.468 e. The second kappa shape index (κ2) is 6.89. The molecule has 0 aromatic carbocycles. The molecule has 1 aliphatic rings. The number of likely N-dealkylation sites (tertiary alicyclic amines) is 1. The molecule has 0 saturated carbocycles. The second-order valence-electron chi connectivity index (χ2n) is 6.73. The zero-order valence-corrected chi connectivity index (χ0v) is 14.3. The standard InChI is InChI=1S/C18H27N3O2/c1-13-6-7-20(17(11-13)18-5-4-10-23-18)12-16-14(2)19-21(8-9-22)15(16)3/h4-5,10,13,17,22H,6-9,11-12H2,1-3H3. The van der Waals surface area contributed by atoms with Crippen molar-refractivity contribution in [2.24, 2.45) is 5.92 Å². The van der Waals surface area contributed by atoms with Gasteiger partial charge < -0.3 is 9.52 Å². The van der Waals surface area contributed by atoms with Gasteiger partial charge in [0, 0.05) is 17.8 Å². The molecule has 3 rings (SSSR count). The molecular weight excluding hydrogens is 290 g/mol. The van der Waals surface area contributed by atoms with E-state index in [-0.39, 0.29) is 6.61 Å². The smallest absolute Gasteiger partial charge is 0.120 e. The van der Waals surface area contributed by atoms with E-state index in [1.807, 2.05) is 10.7 Å². The fraction of sp³-hybridized carbons (Fsp3) is 0.611. The highest BCUT2D eigenvalue weighted by atomic mass is 16.3. The van der Waals surface area contributed by atoms with Gasteiger partial charge in [0.2, 0.25) is 0 Å². The number of aromatic nitrogens is 2. The van der Waals surface area contributed by atoms with Gasteiger partial charge in [0.15, 0.2) is 0 Å². The maximum Gasteiger partial charge on any atom is 0.120 e. The van der Waals surface area contributed by atoms with Crippen LogP contribution in [-0.4, -0.2) is 32.9 Å². The van der Waals surface area contributed by atoms with Crippen molar-refractivity contribution < 1.29 is 9.52 Å². The van der Waals surface area contributed by atoms with Crippen molar-refractivity contribution in [1.29, 1.82) is 0 Å². The van der Waals surface area contributed by atoms with Gasteiger partial charge in [-0.15, -0.1) is 0 Å². The first-order valence-electron chi connectivity index (χ1n) is 8.51. The molecule has 2 atom stereocenters. The van der Waals surface area contributed by atoms with Gasteiger partial charge in [-0.2, -0.15) is 5.10 Å². The van der Waals surface area contributed by atoms with Crippen molar-refractivity contribution in [3.05, 3.63) is 41.1 Å². The predicted octanol–water partition coefficient (Wildman–Crippen LogP) is 3.06. The van der Waals surface area contributed by atoms with Crippen molar-refractivity contribution in [3.8, 4) is 0 Å². The fourth-order valence-corrected chi connectivity index (χ4v) is 3.63. The number of hydrogen-bond acceptors (Lipinski definition) is 4. The Bertz CT molecular complexity index is 633. The first kappa shape index (κ1) is 16.3. The SMILES string of the molecule is Cc1nn(CCO)c(C)c1CN1CCC(C)CC1c1ccco1. The van der Waals surface area contributed by atoms with E-state index >= 15 is 0 Å². The van der Waals surface area contributed by atoms with E-state index in [0.29, 0.717) is 12.6 Å². The lowest BCUT2D eigenvalue weighted by Gasteiger charge is -2.37. The van der Waals surface area contributed by atoms with Crippen LogP contribution in [0.25, 0.3) is 0 Å². The van der Waals surface area contributed by atoms with Gasteiger partial charge in [-0.05, 0) is 51.3 Å². The summed E-state index contributed by atoms with van der Waals surface area (Å²) in [5.74, 6) is 1.79. The topological polar surface area (TPSA) is 54.4 Å². The third kappa shape index (κ3) is 3.35. The van der Waals surface area contributed by atoms with Crippen LogP contribution in [-0.2, 0) is 13.1 Å². The lowest BCUT2D eigenvalue weighted by Crippen LogP contribution is -2.35. The monoisotopic (exact) mass is 317 g/mol. The highest BCUT2D eigenvalue weighted by molar-refractivity contribution is 5.25. The molecule has 0 bridgehead atoms. The molecule has 5 nitrogen and oxygen atoms in total. The first-order chi connectivity index (χ1) is 11.1. The summed E-state index contributed by atoms with van der Waals surface area (Å²) in [6, 6.07) is 4.40. The van der Waals surface area contributed by atoms with Gasteiger partial charge in [0.05, 0.1) is 31.2 Å². The third-order valence-electron chi connectivity index (χ3n) is 5.05. The number of furan rings is 1. The summed E-state index contributed by atoms with van der Waals surface area (Å²) in [5, 5.41) is 13.8. The Morgan fingerprint density at radius 1 is 1.39 bits per heavy atom. The van der Waals surface area contributed by atoms with Crippen LogP contribution >= 0.6 is 0 Å². The minimum absolute atomic E-state index is 0.123. The van der Waals surface area contributed by atoms with Gasteiger partial charge in [0.1, 0.15) is 5.76 Å². The molecule has 2 aromatic heterocycles. The van der Waals surface area contributed by atoms with E-state index in [1.165, 1.54) is 12.0 Å². The van der Waals surface area contributed by atoms with Crippen molar-refractivity contribution in [2.45, 2.75) is 52.7 Å². The first-order valence-corrected chi connectivity index (χ1v) is 8.51. The summed E-state index contributed by atoms with van der Waals surface area (Å²) in [4.78, 5) is 2.51. The van der Waals surface area contributed by atoms with Crippen LogP contribution < -0.4 is 0 Å². The Hall–Kier alpha value is -1.59. The van der Waals surface area contributed by atoms with E-state index in [0.717, 1.165) is 42.6 Å². The van der Waals surface area contributed by atoms with E-state index < -0.39 is 0 Å². The van der Waals surface area contributed by atoms with Crippen LogP contribution in [0.4, 0.5) is 0 Å². The van der Waals surface area contributed by atoms with Crippen molar-refractivity contribution in [1.82, 2.24) is 14.7 Å². The Kier molecular flexibility index (Phi) is 4.87. The Morgan fingerprint density at radius 2 is 2.22 bits per heavy atom. The molecule has 5 heteroatoms. The molecule has 23 heavy (non-hydrogen) atoms. The van der Waals surface area contributed by atoms with Gasteiger partial charge in [-0.25, -0.2) is 0 Å². The third-order valence-corrected chi connectivity index (χ3v) is 5.05. The highest BCUT2D eigenvalue weighted by Gasteiger charge is 2.30. The van der Waals surface area contributed by atoms with Crippen molar-refractivity contribution in [3.63, 3.8) is 0 Å². The molecule has 1 saturated heterocycles. The number of hydrogen-bond donors (Lipinski definition) is 1. The molecule has 2 aromatic rings. The highest BCUT2D eigenvalue weighted by Crippen LogP contribution is 2.35. The van der Waals surface area contributed by atoms with Crippen LogP contribution in [0.1, 0.15) is 48.5 Å². The lowest BCUT2D eigenvalue weighted by molar-refractivity contribution is 0.0940. The summed E-state index contributed by atoms with van der Waals surface area (Å²) in [6.07, 6.45) is 4.12. The second-order valence-corrected chi connectivity index (χ2v) is 6.73. The summed E-state index contributed by atoms with van der Waals surface area (Å²) in [5.41, 5.74) is 3.51. The maximum absolute atomic E-state index is 9.18. The molecule has 0 amide bonds. The normalized spacial score (nSPS) is 22.6. The molecule has 1 aliphatic heterocycles. The average molecular weight is 317 g/mol. The molecule has 126 valence electrons. The fourth-order valence-electron chi connectivity index (χ4n) is 3.63. The van der Waals surface area contributed by atoms with Crippen molar-refractivity contribution >= 4 is 0 Å². The summed E-state index contributed by atoms with van der Waals surface area (Å²) < 4.78 is 7.61. The Morgan fingerprint density at radius 3 is 2.91 bits per heavy atom. The number of aliphatic hydroxyl groups is 1. The maximum atomic E-state index is 9.18. The molecular formula is C18H27N3O2. The zero-order valence-electron chi connectivity index (χ0n) is 14.3. The zero-order chi connectivity index (χ0) is 16.4. The van der Waals surface area contributed by atoms with Gasteiger partial charge in [-0.1, -0.05) is 6.92 Å². The van der Waals surface area contributed by atoms with Crippen molar-refractivity contribution in [2.75, 3.05) is 13.2 Å². The van der Waals surface area contributed by atoms with Crippen LogP contribution in [0.3, 0.4) is 0 Å². The molecule has 0 radical (unpaired) electrons. The van der Waals surface area contributed by atoms with Crippen LogP contribution in [0.2, 0.25) is 0 Å². The molecule has 2 unspecified atom stereocenters. The van der Waals surface area contributed by atoms with E-state index in [1.54, 1.807) is 6.26 Å². The average Bonchev–Trinajstić information content (AvgIpc) is 3.14. The van der Waals surface area contributed by atoms with E-state index in [2.05, 4.69) is 36.8 Å². The van der Waals surface area contributed by atoms with Crippen LogP contribution in [0, 0.1) is 19.8 Å². The summed E-state index contributed by atoms with van der Waals surface area (Å²) >= 11 is 0. The molecule has 3 heterocycles. The minimum Gasteiger partial charge on any atom is -0.468 e. The number of aryl methyl sites for hydroxylation is 1. The van der Waals surface area contributed by atoms with E-state index in [4.69, 9.17) is 4.42 Å². The summed E-state index contributed by atoms with van der Waals surface area (Å²) in [7, 11) is 0. The lowest BCUT2D eigenvalue weighted by atomic mass is 9.90. The Balaban J connectivity index is 1.83. The van der Waals surface area contributed by atoms with Gasteiger partial charge in [-0.3, -0.25) is 9.58 Å². The molecule has 0 spiro atoms. The Labute approximate surface area is 137 Å².